The van der Waals surface area contributed by atoms with E-state index in [0.717, 1.165) is 44.5 Å². The van der Waals surface area contributed by atoms with Crippen molar-refractivity contribution in [3.05, 3.63) is 95.1 Å². The first kappa shape index (κ1) is 30.1. The van der Waals surface area contributed by atoms with Crippen LogP contribution in [0.3, 0.4) is 0 Å². The third-order valence-electron chi connectivity index (χ3n) is 8.23. The summed E-state index contributed by atoms with van der Waals surface area (Å²) in [5.41, 5.74) is 6.77. The van der Waals surface area contributed by atoms with Gasteiger partial charge < -0.3 is 19.1 Å². The zero-order valence-electron chi connectivity index (χ0n) is 25.7. The number of ether oxygens (including phenoxy) is 3. The number of rotatable bonds is 7. The van der Waals surface area contributed by atoms with Crippen molar-refractivity contribution in [1.29, 1.82) is 0 Å². The van der Waals surface area contributed by atoms with Crippen molar-refractivity contribution in [3.8, 4) is 5.75 Å². The van der Waals surface area contributed by atoms with Crippen LogP contribution in [0.1, 0.15) is 88.0 Å². The van der Waals surface area contributed by atoms with Crippen LogP contribution in [-0.4, -0.2) is 39.2 Å². The molecule has 4 heteroatoms. The molecule has 0 spiro atoms. The summed E-state index contributed by atoms with van der Waals surface area (Å²) in [6.45, 7) is 12.4. The summed E-state index contributed by atoms with van der Waals surface area (Å²) in [6.07, 6.45) is 4.27. The number of piperidine rings is 1. The van der Waals surface area contributed by atoms with E-state index in [9.17, 15) is 0 Å². The van der Waals surface area contributed by atoms with Crippen LogP contribution in [0.4, 0.5) is 5.69 Å². The number of aryl methyl sites for hydroxylation is 1. The molecular formula is C36H49NO3. The fraction of sp³-hybridized carbons (Fsp3) is 0.500. The standard InChI is InChI=1S/C34H43NO3.C2H6/c1-34(2,3)38-29-16-18-31-27(23-29)13-17-30(24-9-7-6-8-10-24)32(31)25-11-14-28(15-12-25)35-21-19-26(20-22-35)33(36-4)37-5;1-2/h6-12,14-16,18,23,26,30,32-33H,13,17,19-22H2,1-5H3;1-2H3. The Balaban J connectivity index is 0.00000181. The van der Waals surface area contributed by atoms with E-state index < -0.39 is 0 Å². The molecule has 5 rings (SSSR count). The zero-order valence-corrected chi connectivity index (χ0v) is 25.7. The van der Waals surface area contributed by atoms with Gasteiger partial charge in [0.15, 0.2) is 6.29 Å². The summed E-state index contributed by atoms with van der Waals surface area (Å²) in [5, 5.41) is 0. The number of nitrogens with zero attached hydrogens (tertiary/aromatic N) is 1. The number of methoxy groups -OCH3 is 2. The molecule has 40 heavy (non-hydrogen) atoms. The van der Waals surface area contributed by atoms with Crippen LogP contribution in [-0.2, 0) is 15.9 Å². The highest BCUT2D eigenvalue weighted by Crippen LogP contribution is 2.47. The average Bonchev–Trinajstić information content (AvgIpc) is 2.98. The van der Waals surface area contributed by atoms with Gasteiger partial charge in [0.25, 0.3) is 0 Å². The Hall–Kier alpha value is -2.82. The summed E-state index contributed by atoms with van der Waals surface area (Å²) in [5.74, 6) is 2.21. The fourth-order valence-electron chi connectivity index (χ4n) is 6.49. The first-order valence-electron chi connectivity index (χ1n) is 15.1. The number of fused-ring (bicyclic) bond motifs is 1. The van der Waals surface area contributed by atoms with Crippen LogP contribution < -0.4 is 9.64 Å². The lowest BCUT2D eigenvalue weighted by Crippen LogP contribution is -2.39. The molecule has 1 aliphatic carbocycles. The van der Waals surface area contributed by atoms with E-state index >= 15 is 0 Å². The molecule has 1 heterocycles. The summed E-state index contributed by atoms with van der Waals surface area (Å²) in [7, 11) is 3.48. The monoisotopic (exact) mass is 543 g/mol. The van der Waals surface area contributed by atoms with Gasteiger partial charge in [-0.25, -0.2) is 0 Å². The topological polar surface area (TPSA) is 30.9 Å². The molecule has 2 aliphatic rings. The largest absolute Gasteiger partial charge is 0.488 e. The third-order valence-corrected chi connectivity index (χ3v) is 8.23. The highest BCUT2D eigenvalue weighted by molar-refractivity contribution is 5.52. The molecule has 0 amide bonds. The van der Waals surface area contributed by atoms with Gasteiger partial charge in [0.05, 0.1) is 0 Å². The molecule has 2 unspecified atom stereocenters. The molecule has 0 aromatic heterocycles. The SMILES string of the molecule is CC.COC(OC)C1CCN(c2ccc(C3c4ccc(OC(C)(C)C)cc4CCC3c3ccccc3)cc2)CC1. The molecule has 3 aromatic carbocycles. The lowest BCUT2D eigenvalue weighted by atomic mass is 9.69. The molecular weight excluding hydrogens is 494 g/mol. The molecule has 4 nitrogen and oxygen atoms in total. The maximum Gasteiger partial charge on any atom is 0.159 e. The van der Waals surface area contributed by atoms with Crippen molar-refractivity contribution in [2.45, 2.75) is 84.0 Å². The lowest BCUT2D eigenvalue weighted by molar-refractivity contribution is -0.141. The van der Waals surface area contributed by atoms with Crippen molar-refractivity contribution in [2.24, 2.45) is 5.92 Å². The third kappa shape index (κ3) is 7.08. The van der Waals surface area contributed by atoms with Crippen LogP contribution in [0.2, 0.25) is 0 Å². The Bertz CT molecular complexity index is 1170. The number of hydrogen-bond acceptors (Lipinski definition) is 4. The minimum atomic E-state index is -0.201. The molecule has 0 saturated carbocycles. The molecule has 216 valence electrons. The second-order valence-corrected chi connectivity index (χ2v) is 11.9. The van der Waals surface area contributed by atoms with E-state index in [1.165, 1.54) is 27.9 Å². The van der Waals surface area contributed by atoms with E-state index in [-0.39, 0.29) is 11.9 Å². The van der Waals surface area contributed by atoms with Crippen molar-refractivity contribution >= 4 is 5.69 Å². The summed E-state index contributed by atoms with van der Waals surface area (Å²) in [4.78, 5) is 2.50. The Morgan fingerprint density at radius 1 is 0.775 bits per heavy atom. The summed E-state index contributed by atoms with van der Waals surface area (Å²) >= 11 is 0. The molecule has 0 N–H and O–H groups in total. The average molecular weight is 544 g/mol. The van der Waals surface area contributed by atoms with Crippen LogP contribution in [0.5, 0.6) is 5.75 Å². The van der Waals surface area contributed by atoms with Crippen LogP contribution >= 0.6 is 0 Å². The molecule has 1 aliphatic heterocycles. The molecule has 0 radical (unpaired) electrons. The first-order valence-corrected chi connectivity index (χ1v) is 15.1. The molecule has 0 bridgehead atoms. The van der Waals surface area contributed by atoms with Gasteiger partial charge in [-0.1, -0.05) is 62.4 Å². The number of anilines is 1. The van der Waals surface area contributed by atoms with Crippen molar-refractivity contribution in [1.82, 2.24) is 0 Å². The Morgan fingerprint density at radius 2 is 1.43 bits per heavy atom. The normalized spacial score (nSPS) is 19.6. The van der Waals surface area contributed by atoms with Gasteiger partial charge in [0.2, 0.25) is 0 Å². The van der Waals surface area contributed by atoms with Gasteiger partial charge in [0, 0.05) is 44.8 Å². The van der Waals surface area contributed by atoms with E-state index in [2.05, 4.69) is 98.5 Å². The van der Waals surface area contributed by atoms with Gasteiger partial charge in [-0.05, 0) is 98.9 Å². The maximum absolute atomic E-state index is 6.22. The second-order valence-electron chi connectivity index (χ2n) is 11.9. The predicted molar refractivity (Wildman–Crippen MR) is 167 cm³/mol. The Labute approximate surface area is 242 Å². The van der Waals surface area contributed by atoms with Crippen LogP contribution in [0.15, 0.2) is 72.8 Å². The highest BCUT2D eigenvalue weighted by Gasteiger charge is 2.33. The van der Waals surface area contributed by atoms with Gasteiger partial charge >= 0.3 is 0 Å². The number of hydrogen-bond donors (Lipinski definition) is 0. The maximum atomic E-state index is 6.22. The van der Waals surface area contributed by atoms with Gasteiger partial charge in [-0.2, -0.15) is 0 Å². The fourth-order valence-corrected chi connectivity index (χ4v) is 6.49. The first-order chi connectivity index (χ1) is 19.4. The van der Waals surface area contributed by atoms with Crippen molar-refractivity contribution in [3.63, 3.8) is 0 Å². The minimum absolute atomic E-state index is 0.102. The Morgan fingerprint density at radius 3 is 2.02 bits per heavy atom. The molecule has 3 aromatic rings. The van der Waals surface area contributed by atoms with Crippen LogP contribution in [0, 0.1) is 5.92 Å². The smallest absolute Gasteiger partial charge is 0.159 e. The second kappa shape index (κ2) is 13.7. The molecule has 1 fully saturated rings. The summed E-state index contributed by atoms with van der Waals surface area (Å²) in [6, 6.07) is 27.2. The van der Waals surface area contributed by atoms with Crippen molar-refractivity contribution in [2.75, 3.05) is 32.2 Å². The van der Waals surface area contributed by atoms with E-state index in [1.807, 2.05) is 13.8 Å². The summed E-state index contributed by atoms with van der Waals surface area (Å²) < 4.78 is 17.3. The quantitative estimate of drug-likeness (QED) is 0.279. The van der Waals surface area contributed by atoms with E-state index in [0.29, 0.717) is 17.8 Å². The Kier molecular flexibility index (Phi) is 10.3. The highest BCUT2D eigenvalue weighted by atomic mass is 16.7. The molecule has 1 saturated heterocycles. The van der Waals surface area contributed by atoms with Crippen LogP contribution in [0.25, 0.3) is 0 Å². The van der Waals surface area contributed by atoms with E-state index in [4.69, 9.17) is 14.2 Å². The zero-order chi connectivity index (χ0) is 28.7. The number of benzene rings is 3. The minimum Gasteiger partial charge on any atom is -0.488 e. The lowest BCUT2D eigenvalue weighted by Gasteiger charge is -2.37. The van der Waals surface area contributed by atoms with Gasteiger partial charge in [0.1, 0.15) is 11.4 Å². The van der Waals surface area contributed by atoms with E-state index in [1.54, 1.807) is 14.2 Å². The van der Waals surface area contributed by atoms with Gasteiger partial charge in [-0.3, -0.25) is 0 Å². The predicted octanol–water partition coefficient (Wildman–Crippen LogP) is 8.59. The molecule has 2 atom stereocenters. The van der Waals surface area contributed by atoms with Gasteiger partial charge in [-0.15, -0.1) is 0 Å². The van der Waals surface area contributed by atoms with Crippen molar-refractivity contribution < 1.29 is 14.2 Å².